The molecule has 2 aromatic carbocycles. The highest BCUT2D eigenvalue weighted by Crippen LogP contribution is 2.15. The lowest BCUT2D eigenvalue weighted by molar-refractivity contribution is -0.114. The van der Waals surface area contributed by atoms with Gasteiger partial charge in [0.2, 0.25) is 5.91 Å². The van der Waals surface area contributed by atoms with Gasteiger partial charge in [-0.1, -0.05) is 30.3 Å². The Morgan fingerprint density at radius 3 is 1.91 bits per heavy atom. The molecule has 4 heteroatoms. The summed E-state index contributed by atoms with van der Waals surface area (Å²) in [5.41, 5.74) is 2.99. The molecule has 22 heavy (non-hydrogen) atoms. The summed E-state index contributed by atoms with van der Waals surface area (Å²) in [4.78, 5) is 23.0. The molecule has 0 bridgehead atoms. The second kappa shape index (κ2) is 7.22. The summed E-state index contributed by atoms with van der Waals surface area (Å²) in [6.45, 7) is 3.30. The fraction of sp³-hybridized carbons (Fsp3) is 0.111. The second-order valence-electron chi connectivity index (χ2n) is 4.94. The molecular formula is C18H18N2O2. The van der Waals surface area contributed by atoms with E-state index in [0.29, 0.717) is 5.56 Å². The molecule has 2 rings (SSSR count). The van der Waals surface area contributed by atoms with E-state index in [0.717, 1.165) is 17.1 Å². The van der Waals surface area contributed by atoms with Crippen molar-refractivity contribution >= 4 is 23.1 Å². The van der Waals surface area contributed by atoms with Crippen molar-refractivity contribution in [3.8, 4) is 0 Å². The monoisotopic (exact) mass is 294 g/mol. The molecule has 0 aliphatic rings. The lowest BCUT2D eigenvalue weighted by atomic mass is 10.1. The minimum atomic E-state index is -0.106. The maximum absolute atomic E-state index is 12.1. The molecule has 0 unspecified atom stereocenters. The Labute approximate surface area is 129 Å². The number of nitrogens with one attached hydrogen (secondary N) is 2. The standard InChI is InChI=1S/C18H18N2O2/c1-13(12-18(22)15-6-4-3-5-7-15)19-16-8-10-17(11-9-16)20-14(2)21/h3-12,19H,1-2H3,(H,20,21). The van der Waals surface area contributed by atoms with Crippen molar-refractivity contribution in [2.75, 3.05) is 10.6 Å². The Kier molecular flexibility index (Phi) is 5.09. The van der Waals surface area contributed by atoms with Crippen molar-refractivity contribution in [3.05, 3.63) is 71.9 Å². The van der Waals surface area contributed by atoms with Crippen LogP contribution in [-0.2, 0) is 4.79 Å². The summed E-state index contributed by atoms with van der Waals surface area (Å²) in [5.74, 6) is -0.147. The molecule has 0 aliphatic carbocycles. The van der Waals surface area contributed by atoms with E-state index in [2.05, 4.69) is 10.6 Å². The van der Waals surface area contributed by atoms with Crippen LogP contribution in [0.3, 0.4) is 0 Å². The molecule has 0 radical (unpaired) electrons. The molecule has 0 heterocycles. The Morgan fingerprint density at radius 1 is 0.818 bits per heavy atom. The fourth-order valence-electron chi connectivity index (χ4n) is 1.99. The van der Waals surface area contributed by atoms with E-state index < -0.39 is 0 Å². The number of allylic oxidation sites excluding steroid dienone is 2. The topological polar surface area (TPSA) is 58.2 Å². The molecule has 0 saturated heterocycles. The van der Waals surface area contributed by atoms with Crippen LogP contribution in [0.25, 0.3) is 0 Å². The SMILES string of the molecule is CC(=O)Nc1ccc(NC(C)=CC(=O)c2ccccc2)cc1. The highest BCUT2D eigenvalue weighted by molar-refractivity contribution is 6.05. The molecule has 0 aromatic heterocycles. The number of hydrogen-bond acceptors (Lipinski definition) is 3. The van der Waals surface area contributed by atoms with Crippen LogP contribution < -0.4 is 10.6 Å². The number of rotatable bonds is 5. The van der Waals surface area contributed by atoms with Gasteiger partial charge in [0.05, 0.1) is 0 Å². The number of carbonyl (C=O) groups excluding carboxylic acids is 2. The van der Waals surface area contributed by atoms with Gasteiger partial charge in [0, 0.05) is 35.6 Å². The van der Waals surface area contributed by atoms with Gasteiger partial charge in [-0.3, -0.25) is 9.59 Å². The molecule has 0 fully saturated rings. The van der Waals surface area contributed by atoms with Gasteiger partial charge in [-0.05, 0) is 31.2 Å². The molecule has 2 N–H and O–H groups in total. The minimum Gasteiger partial charge on any atom is -0.359 e. The smallest absolute Gasteiger partial charge is 0.221 e. The van der Waals surface area contributed by atoms with Crippen LogP contribution in [0.5, 0.6) is 0 Å². The summed E-state index contributed by atoms with van der Waals surface area (Å²) in [6, 6.07) is 16.4. The molecular weight excluding hydrogens is 276 g/mol. The zero-order valence-corrected chi connectivity index (χ0v) is 12.6. The average molecular weight is 294 g/mol. The van der Waals surface area contributed by atoms with Crippen LogP contribution in [0.15, 0.2) is 66.4 Å². The first-order chi connectivity index (χ1) is 10.5. The van der Waals surface area contributed by atoms with Crippen LogP contribution in [-0.4, -0.2) is 11.7 Å². The van der Waals surface area contributed by atoms with Gasteiger partial charge < -0.3 is 10.6 Å². The number of benzene rings is 2. The van der Waals surface area contributed by atoms with Crippen molar-refractivity contribution in [1.29, 1.82) is 0 Å². The van der Waals surface area contributed by atoms with E-state index in [4.69, 9.17) is 0 Å². The predicted molar refractivity (Wildman–Crippen MR) is 88.9 cm³/mol. The van der Waals surface area contributed by atoms with Gasteiger partial charge in [0.1, 0.15) is 0 Å². The number of ketones is 1. The quantitative estimate of drug-likeness (QED) is 0.650. The highest BCUT2D eigenvalue weighted by Gasteiger charge is 2.02. The zero-order chi connectivity index (χ0) is 15.9. The van der Waals surface area contributed by atoms with Gasteiger partial charge in [-0.25, -0.2) is 0 Å². The number of anilines is 2. The van der Waals surface area contributed by atoms with Crippen molar-refractivity contribution in [3.63, 3.8) is 0 Å². The maximum Gasteiger partial charge on any atom is 0.221 e. The molecule has 1 amide bonds. The molecule has 0 aliphatic heterocycles. The van der Waals surface area contributed by atoms with Crippen LogP contribution >= 0.6 is 0 Å². The van der Waals surface area contributed by atoms with Crippen LogP contribution in [0.4, 0.5) is 11.4 Å². The van der Waals surface area contributed by atoms with E-state index in [1.54, 1.807) is 30.3 Å². The number of carbonyl (C=O) groups is 2. The van der Waals surface area contributed by atoms with Crippen molar-refractivity contribution in [2.24, 2.45) is 0 Å². The van der Waals surface area contributed by atoms with Crippen molar-refractivity contribution < 1.29 is 9.59 Å². The molecule has 0 saturated carbocycles. The van der Waals surface area contributed by atoms with Crippen LogP contribution in [0, 0.1) is 0 Å². The number of amides is 1. The third kappa shape index (κ3) is 4.59. The first kappa shape index (κ1) is 15.5. The van der Waals surface area contributed by atoms with Crippen molar-refractivity contribution in [2.45, 2.75) is 13.8 Å². The van der Waals surface area contributed by atoms with E-state index >= 15 is 0 Å². The molecule has 0 spiro atoms. The van der Waals surface area contributed by atoms with Gasteiger partial charge in [-0.2, -0.15) is 0 Å². The third-order valence-corrected chi connectivity index (χ3v) is 2.95. The van der Waals surface area contributed by atoms with E-state index in [-0.39, 0.29) is 11.7 Å². The summed E-state index contributed by atoms with van der Waals surface area (Å²) >= 11 is 0. The summed E-state index contributed by atoms with van der Waals surface area (Å²) in [6.07, 6.45) is 1.57. The highest BCUT2D eigenvalue weighted by atomic mass is 16.1. The molecule has 2 aromatic rings. The van der Waals surface area contributed by atoms with Gasteiger partial charge >= 0.3 is 0 Å². The first-order valence-electron chi connectivity index (χ1n) is 6.97. The normalized spacial score (nSPS) is 10.9. The zero-order valence-electron chi connectivity index (χ0n) is 12.6. The minimum absolute atomic E-state index is 0.0412. The lowest BCUT2D eigenvalue weighted by Gasteiger charge is -2.08. The average Bonchev–Trinajstić information content (AvgIpc) is 2.49. The summed E-state index contributed by atoms with van der Waals surface area (Å²) in [5, 5.41) is 5.85. The lowest BCUT2D eigenvalue weighted by Crippen LogP contribution is -2.05. The van der Waals surface area contributed by atoms with E-state index in [9.17, 15) is 9.59 Å². The first-order valence-corrected chi connectivity index (χ1v) is 6.97. The maximum atomic E-state index is 12.1. The molecule has 112 valence electrons. The van der Waals surface area contributed by atoms with Gasteiger partial charge in [0.25, 0.3) is 0 Å². The van der Waals surface area contributed by atoms with Gasteiger partial charge in [0.15, 0.2) is 5.78 Å². The summed E-state index contributed by atoms with van der Waals surface area (Å²) in [7, 11) is 0. The fourth-order valence-corrected chi connectivity index (χ4v) is 1.99. The van der Waals surface area contributed by atoms with Crippen molar-refractivity contribution in [1.82, 2.24) is 0 Å². The Bertz CT molecular complexity index is 689. The Balaban J connectivity index is 2.02. The predicted octanol–water partition coefficient (Wildman–Crippen LogP) is 3.84. The van der Waals surface area contributed by atoms with E-state index in [1.165, 1.54) is 6.92 Å². The Hall–Kier alpha value is -2.88. The number of hydrogen-bond donors (Lipinski definition) is 2. The molecule has 4 nitrogen and oxygen atoms in total. The summed E-state index contributed by atoms with van der Waals surface area (Å²) < 4.78 is 0. The Morgan fingerprint density at radius 2 is 1.36 bits per heavy atom. The van der Waals surface area contributed by atoms with Crippen LogP contribution in [0.1, 0.15) is 24.2 Å². The van der Waals surface area contributed by atoms with E-state index in [1.807, 2.05) is 37.3 Å². The largest absolute Gasteiger partial charge is 0.359 e. The second-order valence-corrected chi connectivity index (χ2v) is 4.94. The third-order valence-electron chi connectivity index (χ3n) is 2.95. The van der Waals surface area contributed by atoms with Gasteiger partial charge in [-0.15, -0.1) is 0 Å². The van der Waals surface area contributed by atoms with Crippen LogP contribution in [0.2, 0.25) is 0 Å². The molecule has 0 atom stereocenters.